The zero-order valence-electron chi connectivity index (χ0n) is 15.1. The van der Waals surface area contributed by atoms with Gasteiger partial charge >= 0.3 is 0 Å². The van der Waals surface area contributed by atoms with Gasteiger partial charge in [-0.25, -0.2) is 17.8 Å². The number of benzene rings is 2. The molecule has 1 saturated heterocycles. The maximum absolute atomic E-state index is 13.8. The lowest BCUT2D eigenvalue weighted by Crippen LogP contribution is -2.43. The first-order valence-electron chi connectivity index (χ1n) is 8.81. The van der Waals surface area contributed by atoms with Crippen LogP contribution in [-0.4, -0.2) is 36.2 Å². The highest BCUT2D eigenvalue weighted by Gasteiger charge is 2.39. The summed E-state index contributed by atoms with van der Waals surface area (Å²) >= 11 is 1.15. The first-order chi connectivity index (χ1) is 13.4. The van der Waals surface area contributed by atoms with Crippen LogP contribution in [0.25, 0.3) is 10.2 Å². The molecule has 3 aromatic rings. The Hall–Kier alpha value is -2.36. The van der Waals surface area contributed by atoms with Crippen molar-refractivity contribution >= 4 is 42.6 Å². The lowest BCUT2D eigenvalue weighted by atomic mass is 10.2. The fraction of sp³-hybridized carbons (Fsp3) is 0.263. The van der Waals surface area contributed by atoms with Crippen molar-refractivity contribution in [1.82, 2.24) is 9.29 Å². The summed E-state index contributed by atoms with van der Waals surface area (Å²) in [5, 5.41) is 2.91. The molecule has 1 aliphatic rings. The van der Waals surface area contributed by atoms with Crippen LogP contribution in [0.15, 0.2) is 47.4 Å². The number of fused-ring (bicyclic) bond motifs is 1. The van der Waals surface area contributed by atoms with E-state index in [1.54, 1.807) is 36.4 Å². The van der Waals surface area contributed by atoms with E-state index in [0.717, 1.165) is 16.9 Å². The monoisotopic (exact) mass is 419 g/mol. The van der Waals surface area contributed by atoms with Crippen LogP contribution in [0.4, 0.5) is 9.52 Å². The Labute approximate surface area is 166 Å². The molecule has 1 unspecified atom stereocenters. The SMILES string of the molecule is Cc1ccc(S(=O)(=O)N2CCCC2C(=O)Nc2nc3c(F)cccc3s2)cc1. The van der Waals surface area contributed by atoms with E-state index >= 15 is 0 Å². The molecule has 1 aromatic heterocycles. The van der Waals surface area contributed by atoms with Gasteiger partial charge in [-0.05, 0) is 44.0 Å². The number of nitrogens with zero attached hydrogens (tertiary/aromatic N) is 2. The van der Waals surface area contributed by atoms with E-state index in [9.17, 15) is 17.6 Å². The number of amides is 1. The molecule has 4 rings (SSSR count). The number of nitrogens with one attached hydrogen (secondary N) is 1. The third-order valence-electron chi connectivity index (χ3n) is 4.73. The van der Waals surface area contributed by atoms with Gasteiger partial charge in [0.1, 0.15) is 17.4 Å². The molecule has 0 spiro atoms. The lowest BCUT2D eigenvalue weighted by molar-refractivity contribution is -0.119. The molecule has 1 fully saturated rings. The van der Waals surface area contributed by atoms with Crippen molar-refractivity contribution < 1.29 is 17.6 Å². The summed E-state index contributed by atoms with van der Waals surface area (Å²) in [5.41, 5.74) is 1.15. The molecule has 0 saturated carbocycles. The Kier molecular flexibility index (Phi) is 4.90. The average Bonchev–Trinajstić information content (AvgIpc) is 3.30. The highest BCUT2D eigenvalue weighted by molar-refractivity contribution is 7.89. The van der Waals surface area contributed by atoms with Crippen molar-refractivity contribution in [2.75, 3.05) is 11.9 Å². The third kappa shape index (κ3) is 3.41. The standard InChI is InChI=1S/C19H18FN3O3S2/c1-12-7-9-13(10-8-12)28(25,26)23-11-3-5-15(23)18(24)22-19-21-17-14(20)4-2-6-16(17)27-19/h2,4,6-10,15H,3,5,11H2,1H3,(H,21,22,24). The zero-order valence-corrected chi connectivity index (χ0v) is 16.7. The number of thiazole rings is 1. The van der Waals surface area contributed by atoms with Gasteiger partial charge in [0.15, 0.2) is 5.13 Å². The summed E-state index contributed by atoms with van der Waals surface area (Å²) in [6, 6.07) is 10.3. The van der Waals surface area contributed by atoms with Gasteiger partial charge in [-0.2, -0.15) is 4.31 Å². The van der Waals surface area contributed by atoms with Crippen LogP contribution in [0.1, 0.15) is 18.4 Å². The molecule has 1 amide bonds. The second kappa shape index (κ2) is 7.23. The van der Waals surface area contributed by atoms with Gasteiger partial charge in [-0.3, -0.25) is 4.79 Å². The number of aromatic nitrogens is 1. The van der Waals surface area contributed by atoms with Crippen LogP contribution in [0.5, 0.6) is 0 Å². The Morgan fingerprint density at radius 1 is 1.25 bits per heavy atom. The summed E-state index contributed by atoms with van der Waals surface area (Å²) in [7, 11) is -3.78. The smallest absolute Gasteiger partial charge is 0.244 e. The van der Waals surface area contributed by atoms with Gasteiger partial charge in [0.2, 0.25) is 15.9 Å². The molecule has 0 radical (unpaired) electrons. The van der Waals surface area contributed by atoms with Crippen LogP contribution in [0.2, 0.25) is 0 Å². The molecule has 28 heavy (non-hydrogen) atoms. The van der Waals surface area contributed by atoms with Crippen LogP contribution in [-0.2, 0) is 14.8 Å². The number of hydrogen-bond acceptors (Lipinski definition) is 5. The molecule has 146 valence electrons. The van der Waals surface area contributed by atoms with Gasteiger partial charge in [0.25, 0.3) is 0 Å². The molecule has 1 aliphatic heterocycles. The molecular formula is C19H18FN3O3S2. The fourth-order valence-corrected chi connectivity index (χ4v) is 5.83. The Morgan fingerprint density at radius 2 is 2.00 bits per heavy atom. The summed E-state index contributed by atoms with van der Waals surface area (Å²) in [6.07, 6.45) is 1.02. The highest BCUT2D eigenvalue weighted by atomic mass is 32.2. The van der Waals surface area contributed by atoms with Crippen molar-refractivity contribution in [2.24, 2.45) is 0 Å². The number of carbonyl (C=O) groups excluding carboxylic acids is 1. The van der Waals surface area contributed by atoms with Gasteiger partial charge in [0.05, 0.1) is 9.60 Å². The Bertz CT molecular complexity index is 1140. The second-order valence-corrected chi connectivity index (χ2v) is 9.60. The number of anilines is 1. The Morgan fingerprint density at radius 3 is 2.71 bits per heavy atom. The maximum atomic E-state index is 13.8. The summed E-state index contributed by atoms with van der Waals surface area (Å²) < 4.78 is 41.6. The van der Waals surface area contributed by atoms with Crippen LogP contribution in [0, 0.1) is 12.7 Å². The first-order valence-corrected chi connectivity index (χ1v) is 11.1. The predicted molar refractivity (Wildman–Crippen MR) is 106 cm³/mol. The molecule has 6 nitrogen and oxygen atoms in total. The molecule has 2 aromatic carbocycles. The van der Waals surface area contributed by atoms with E-state index in [1.165, 1.54) is 10.4 Å². The van der Waals surface area contributed by atoms with Crippen molar-refractivity contribution in [2.45, 2.75) is 30.7 Å². The van der Waals surface area contributed by atoms with Gasteiger partial charge in [-0.15, -0.1) is 0 Å². The average molecular weight is 420 g/mol. The number of aryl methyl sites for hydroxylation is 1. The quantitative estimate of drug-likeness (QED) is 0.702. The minimum Gasteiger partial charge on any atom is -0.301 e. The minimum absolute atomic E-state index is 0.167. The number of para-hydroxylation sites is 1. The van der Waals surface area contributed by atoms with Crippen LogP contribution in [0.3, 0.4) is 0 Å². The van der Waals surface area contributed by atoms with Gasteiger partial charge in [-0.1, -0.05) is 35.1 Å². The van der Waals surface area contributed by atoms with Crippen LogP contribution < -0.4 is 5.32 Å². The third-order valence-corrected chi connectivity index (χ3v) is 7.59. The second-order valence-electron chi connectivity index (χ2n) is 6.68. The number of halogens is 1. The topological polar surface area (TPSA) is 79.4 Å². The van der Waals surface area contributed by atoms with Crippen molar-refractivity contribution in [3.8, 4) is 0 Å². The van der Waals surface area contributed by atoms with Gasteiger partial charge in [0, 0.05) is 6.54 Å². The van der Waals surface area contributed by atoms with Crippen LogP contribution >= 0.6 is 11.3 Å². The van der Waals surface area contributed by atoms with E-state index in [0.29, 0.717) is 17.5 Å². The highest BCUT2D eigenvalue weighted by Crippen LogP contribution is 2.30. The fourth-order valence-electron chi connectivity index (χ4n) is 3.29. The number of carbonyl (C=O) groups is 1. The molecule has 1 N–H and O–H groups in total. The molecule has 2 heterocycles. The predicted octanol–water partition coefficient (Wildman–Crippen LogP) is 3.54. The van der Waals surface area contributed by atoms with E-state index in [4.69, 9.17) is 0 Å². The van der Waals surface area contributed by atoms with Crippen molar-refractivity contribution in [1.29, 1.82) is 0 Å². The van der Waals surface area contributed by atoms with Crippen molar-refractivity contribution in [3.05, 3.63) is 53.8 Å². The lowest BCUT2D eigenvalue weighted by Gasteiger charge is -2.23. The largest absolute Gasteiger partial charge is 0.301 e. The normalized spacial score (nSPS) is 17.9. The molecule has 1 atom stereocenters. The summed E-state index contributed by atoms with van der Waals surface area (Å²) in [6.45, 7) is 2.16. The molecular weight excluding hydrogens is 401 g/mol. The Balaban J connectivity index is 1.57. The molecule has 0 aliphatic carbocycles. The zero-order chi connectivity index (χ0) is 19.9. The number of hydrogen-bond donors (Lipinski definition) is 1. The van der Waals surface area contributed by atoms with E-state index < -0.39 is 27.8 Å². The van der Waals surface area contributed by atoms with E-state index in [-0.39, 0.29) is 22.1 Å². The number of rotatable bonds is 4. The van der Waals surface area contributed by atoms with E-state index in [1.807, 2.05) is 6.92 Å². The summed E-state index contributed by atoms with van der Waals surface area (Å²) in [5.74, 6) is -0.911. The van der Waals surface area contributed by atoms with Gasteiger partial charge < -0.3 is 5.32 Å². The van der Waals surface area contributed by atoms with Crippen molar-refractivity contribution in [3.63, 3.8) is 0 Å². The number of sulfonamides is 1. The first kappa shape index (κ1) is 19.0. The molecule has 0 bridgehead atoms. The maximum Gasteiger partial charge on any atom is 0.244 e. The minimum atomic E-state index is -3.78. The van der Waals surface area contributed by atoms with E-state index in [2.05, 4.69) is 10.3 Å². The summed E-state index contributed by atoms with van der Waals surface area (Å²) in [4.78, 5) is 17.1. The molecule has 9 heteroatoms.